The first kappa shape index (κ1) is 26.3. The number of fused-ring (bicyclic) bond motifs is 3. The summed E-state index contributed by atoms with van der Waals surface area (Å²) in [6.45, 7) is 5.72. The zero-order valence-corrected chi connectivity index (χ0v) is 22.7. The number of ketones is 1. The van der Waals surface area contributed by atoms with Crippen molar-refractivity contribution in [1.82, 2.24) is 0 Å². The Labute approximate surface area is 230 Å². The predicted molar refractivity (Wildman–Crippen MR) is 157 cm³/mol. The lowest BCUT2D eigenvalue weighted by molar-refractivity contribution is -0.140. The predicted octanol–water partition coefficient (Wildman–Crippen LogP) is 8.37. The number of oxime groups is 1. The van der Waals surface area contributed by atoms with Crippen LogP contribution in [0.1, 0.15) is 73.5 Å². The fourth-order valence-electron chi connectivity index (χ4n) is 6.13. The van der Waals surface area contributed by atoms with E-state index in [0.717, 1.165) is 36.8 Å². The quantitative estimate of drug-likeness (QED) is 0.0974. The van der Waals surface area contributed by atoms with Gasteiger partial charge in [-0.2, -0.15) is 0 Å². The van der Waals surface area contributed by atoms with E-state index in [-0.39, 0.29) is 16.9 Å². The van der Waals surface area contributed by atoms with Gasteiger partial charge in [-0.1, -0.05) is 123 Å². The Morgan fingerprint density at radius 2 is 1.33 bits per heavy atom. The summed E-state index contributed by atoms with van der Waals surface area (Å²) in [7, 11) is 0. The molecule has 0 bridgehead atoms. The van der Waals surface area contributed by atoms with Crippen molar-refractivity contribution < 1.29 is 14.4 Å². The molecular formula is C35H33NO3. The molecule has 4 heteroatoms. The SMILES string of the molecule is CCCC1(CCC)c2ccccc2-c2ccc(C(=O)/C(=N\OC(C)=O)c3ccccc3-c3ccccc3)cc21. The van der Waals surface area contributed by atoms with Crippen LogP contribution in [-0.4, -0.2) is 17.5 Å². The van der Waals surface area contributed by atoms with Gasteiger partial charge in [0.15, 0.2) is 5.71 Å². The normalized spacial score (nSPS) is 13.5. The Balaban J connectivity index is 1.66. The summed E-state index contributed by atoms with van der Waals surface area (Å²) >= 11 is 0. The van der Waals surface area contributed by atoms with Crippen LogP contribution in [0.5, 0.6) is 0 Å². The van der Waals surface area contributed by atoms with Gasteiger partial charge in [0.2, 0.25) is 5.78 Å². The van der Waals surface area contributed by atoms with Crippen LogP contribution in [0, 0.1) is 0 Å². The van der Waals surface area contributed by atoms with Gasteiger partial charge in [0.05, 0.1) is 0 Å². The lowest BCUT2D eigenvalue weighted by Gasteiger charge is -2.32. The molecule has 0 heterocycles. The fourth-order valence-corrected chi connectivity index (χ4v) is 6.13. The number of hydrogen-bond donors (Lipinski definition) is 0. The first-order valence-electron chi connectivity index (χ1n) is 13.7. The van der Waals surface area contributed by atoms with Crippen LogP contribution in [0.2, 0.25) is 0 Å². The van der Waals surface area contributed by atoms with Crippen LogP contribution >= 0.6 is 0 Å². The summed E-state index contributed by atoms with van der Waals surface area (Å²) in [6.07, 6.45) is 4.09. The zero-order chi connectivity index (χ0) is 27.4. The molecule has 39 heavy (non-hydrogen) atoms. The van der Waals surface area contributed by atoms with Gasteiger partial charge in [-0.15, -0.1) is 0 Å². The highest BCUT2D eigenvalue weighted by molar-refractivity contribution is 6.52. The van der Waals surface area contributed by atoms with Crippen molar-refractivity contribution in [3.63, 3.8) is 0 Å². The minimum Gasteiger partial charge on any atom is -0.318 e. The molecule has 1 aliphatic rings. The molecule has 1 aliphatic carbocycles. The number of nitrogens with zero attached hydrogens (tertiary/aromatic N) is 1. The number of hydrogen-bond acceptors (Lipinski definition) is 4. The highest BCUT2D eigenvalue weighted by Gasteiger charge is 2.42. The third kappa shape index (κ3) is 4.83. The summed E-state index contributed by atoms with van der Waals surface area (Å²) in [5.41, 5.74) is 7.89. The van der Waals surface area contributed by atoms with E-state index < -0.39 is 5.97 Å². The minimum absolute atomic E-state index is 0.108. The van der Waals surface area contributed by atoms with Crippen molar-refractivity contribution in [1.29, 1.82) is 0 Å². The van der Waals surface area contributed by atoms with Crippen LogP contribution in [0.3, 0.4) is 0 Å². The second-order valence-corrected chi connectivity index (χ2v) is 10.2. The van der Waals surface area contributed by atoms with Crippen molar-refractivity contribution in [2.75, 3.05) is 0 Å². The lowest BCUT2D eigenvalue weighted by atomic mass is 9.71. The molecule has 4 aromatic rings. The first-order chi connectivity index (χ1) is 19.0. The number of carbonyl (C=O) groups is 2. The Morgan fingerprint density at radius 1 is 0.718 bits per heavy atom. The van der Waals surface area contributed by atoms with Gasteiger partial charge < -0.3 is 4.84 Å². The minimum atomic E-state index is -0.577. The first-order valence-corrected chi connectivity index (χ1v) is 13.7. The van der Waals surface area contributed by atoms with E-state index >= 15 is 0 Å². The Kier molecular flexibility index (Phi) is 7.56. The van der Waals surface area contributed by atoms with Crippen LogP contribution in [0.25, 0.3) is 22.3 Å². The average molecular weight is 516 g/mol. The van der Waals surface area contributed by atoms with E-state index in [1.807, 2.05) is 60.7 Å². The van der Waals surface area contributed by atoms with Crippen LogP contribution in [0.15, 0.2) is 102 Å². The van der Waals surface area contributed by atoms with Gasteiger partial charge in [0.25, 0.3) is 0 Å². The van der Waals surface area contributed by atoms with Crippen LogP contribution < -0.4 is 0 Å². The maximum atomic E-state index is 14.2. The number of Topliss-reactive ketones (excluding diaryl/α,β-unsaturated/α-hetero) is 1. The molecular weight excluding hydrogens is 482 g/mol. The van der Waals surface area contributed by atoms with Gasteiger partial charge in [0, 0.05) is 23.5 Å². The number of rotatable bonds is 9. The highest BCUT2D eigenvalue weighted by Crippen LogP contribution is 2.53. The molecule has 196 valence electrons. The molecule has 0 radical (unpaired) electrons. The van der Waals surface area contributed by atoms with E-state index in [9.17, 15) is 9.59 Å². The summed E-state index contributed by atoms with van der Waals surface area (Å²) < 4.78 is 0. The summed E-state index contributed by atoms with van der Waals surface area (Å²) in [4.78, 5) is 31.1. The topological polar surface area (TPSA) is 55.7 Å². The molecule has 0 N–H and O–H groups in total. The van der Waals surface area contributed by atoms with E-state index in [4.69, 9.17) is 4.84 Å². The molecule has 0 atom stereocenters. The maximum Gasteiger partial charge on any atom is 0.332 e. The highest BCUT2D eigenvalue weighted by atomic mass is 16.7. The fraction of sp³-hybridized carbons (Fsp3) is 0.229. The van der Waals surface area contributed by atoms with E-state index in [1.165, 1.54) is 29.2 Å². The molecule has 5 rings (SSSR count). The smallest absolute Gasteiger partial charge is 0.318 e. The van der Waals surface area contributed by atoms with Gasteiger partial charge in [-0.05, 0) is 52.3 Å². The van der Waals surface area contributed by atoms with Gasteiger partial charge in [-0.3, -0.25) is 4.79 Å². The third-order valence-corrected chi connectivity index (χ3v) is 7.63. The maximum absolute atomic E-state index is 14.2. The largest absolute Gasteiger partial charge is 0.332 e. The zero-order valence-electron chi connectivity index (χ0n) is 22.7. The molecule has 0 amide bonds. The second-order valence-electron chi connectivity index (χ2n) is 10.2. The Bertz CT molecular complexity index is 1550. The number of benzene rings is 4. The van der Waals surface area contributed by atoms with E-state index in [0.29, 0.717) is 11.1 Å². The molecule has 4 nitrogen and oxygen atoms in total. The molecule has 0 aliphatic heterocycles. The molecule has 0 fully saturated rings. The summed E-state index contributed by atoms with van der Waals surface area (Å²) in [5.74, 6) is -0.855. The molecule has 0 spiro atoms. The standard InChI is InChI=1S/C35H33NO3/c1-4-21-35(22-5-2)31-18-12-11-16-28(31)29-20-19-26(23-32(29)35)34(38)33(36-39-24(3)37)30-17-10-9-15-27(30)25-13-7-6-8-14-25/h6-20,23H,4-5,21-22H2,1-3H3/b36-33-. The second kappa shape index (κ2) is 11.2. The molecule has 4 aromatic carbocycles. The average Bonchev–Trinajstić information content (AvgIpc) is 3.23. The number of carbonyl (C=O) groups excluding carboxylic acids is 2. The molecule has 0 aromatic heterocycles. The summed E-state index contributed by atoms with van der Waals surface area (Å²) in [6, 6.07) is 32.1. The van der Waals surface area contributed by atoms with Gasteiger partial charge in [0.1, 0.15) is 0 Å². The van der Waals surface area contributed by atoms with E-state index in [1.54, 1.807) is 0 Å². The van der Waals surface area contributed by atoms with Gasteiger partial charge in [-0.25, -0.2) is 4.79 Å². The molecule has 0 saturated carbocycles. The Hall–Kier alpha value is -4.31. The summed E-state index contributed by atoms with van der Waals surface area (Å²) in [5, 5.41) is 4.12. The third-order valence-electron chi connectivity index (χ3n) is 7.63. The Morgan fingerprint density at radius 3 is 2.03 bits per heavy atom. The molecule has 0 unspecified atom stereocenters. The van der Waals surface area contributed by atoms with Crippen molar-refractivity contribution in [3.05, 3.63) is 119 Å². The van der Waals surface area contributed by atoms with Crippen molar-refractivity contribution in [2.45, 2.75) is 51.9 Å². The van der Waals surface area contributed by atoms with Crippen molar-refractivity contribution in [2.24, 2.45) is 5.16 Å². The monoisotopic (exact) mass is 515 g/mol. The van der Waals surface area contributed by atoms with Crippen LogP contribution in [0.4, 0.5) is 0 Å². The van der Waals surface area contributed by atoms with Gasteiger partial charge >= 0.3 is 5.97 Å². The van der Waals surface area contributed by atoms with Crippen molar-refractivity contribution in [3.8, 4) is 22.3 Å². The van der Waals surface area contributed by atoms with Crippen LogP contribution in [-0.2, 0) is 15.0 Å². The van der Waals surface area contributed by atoms with E-state index in [2.05, 4.69) is 55.4 Å². The van der Waals surface area contributed by atoms with Crippen molar-refractivity contribution >= 4 is 17.5 Å². The lowest BCUT2D eigenvalue weighted by Crippen LogP contribution is -2.26. The molecule has 0 saturated heterocycles.